The number of hydrogen-bond donors (Lipinski definition) is 1. The second-order valence-electron chi connectivity index (χ2n) is 7.57. The van der Waals surface area contributed by atoms with Gasteiger partial charge in [-0.25, -0.2) is 5.43 Å². The summed E-state index contributed by atoms with van der Waals surface area (Å²) in [5, 5.41) is 4.32. The summed E-state index contributed by atoms with van der Waals surface area (Å²) in [5.74, 6) is 0.0876. The molecule has 2 atom stereocenters. The predicted octanol–water partition coefficient (Wildman–Crippen LogP) is 4.64. The molecule has 2 saturated carbocycles. The zero-order valence-corrected chi connectivity index (χ0v) is 14.0. The van der Waals surface area contributed by atoms with E-state index in [4.69, 9.17) is 0 Å². The van der Waals surface area contributed by atoms with Crippen molar-refractivity contribution in [1.82, 2.24) is 5.43 Å². The number of nitrogens with one attached hydrogen (secondary N) is 1. The predicted molar refractivity (Wildman–Crippen MR) is 85.6 cm³/mol. The number of fused-ring (bicyclic) bond motifs is 2. The van der Waals surface area contributed by atoms with Crippen molar-refractivity contribution < 1.29 is 18.0 Å². The third-order valence-corrected chi connectivity index (χ3v) is 6.28. The molecule has 3 nitrogen and oxygen atoms in total. The standard InChI is InChI=1S/C18H21F3N2O/c1-16(2)13-8-9-17(16,3)14(10-13)22-23-15(24)11-4-6-12(7-5-11)18(19,20)21/h4-7,13H,8-10H2,1-3H3,(H,23,24)/b22-14+/t13-,17+/m0/s1. The quantitative estimate of drug-likeness (QED) is 0.784. The minimum Gasteiger partial charge on any atom is -0.267 e. The van der Waals surface area contributed by atoms with Gasteiger partial charge in [-0.3, -0.25) is 4.79 Å². The topological polar surface area (TPSA) is 41.5 Å². The molecule has 0 aromatic heterocycles. The minimum atomic E-state index is -4.40. The van der Waals surface area contributed by atoms with Gasteiger partial charge in [0.2, 0.25) is 0 Å². The molecule has 3 rings (SSSR count). The van der Waals surface area contributed by atoms with Crippen molar-refractivity contribution in [3.05, 3.63) is 35.4 Å². The SMILES string of the molecule is CC1(C)[C@H]2CC[C@]1(C)/C(=N/NC(=O)c1ccc(C(F)(F)F)cc1)C2. The Kier molecular flexibility index (Phi) is 3.77. The fraction of sp³-hybridized carbons (Fsp3) is 0.556. The van der Waals surface area contributed by atoms with Gasteiger partial charge in [-0.2, -0.15) is 18.3 Å². The number of hydrazone groups is 1. The van der Waals surface area contributed by atoms with Gasteiger partial charge in [-0.15, -0.1) is 0 Å². The molecular weight excluding hydrogens is 317 g/mol. The van der Waals surface area contributed by atoms with Crippen LogP contribution in [0.15, 0.2) is 29.4 Å². The highest BCUT2D eigenvalue weighted by Gasteiger charge is 2.60. The van der Waals surface area contributed by atoms with Crippen molar-refractivity contribution in [2.24, 2.45) is 21.8 Å². The largest absolute Gasteiger partial charge is 0.416 e. The summed E-state index contributed by atoms with van der Waals surface area (Å²) in [6.45, 7) is 6.67. The lowest BCUT2D eigenvalue weighted by Crippen LogP contribution is -2.34. The fourth-order valence-corrected chi connectivity index (χ4v) is 4.09. The van der Waals surface area contributed by atoms with E-state index in [1.807, 2.05) is 0 Å². The average Bonchev–Trinajstić information content (AvgIpc) is 2.85. The summed E-state index contributed by atoms with van der Waals surface area (Å²) in [5.41, 5.74) is 3.04. The van der Waals surface area contributed by atoms with E-state index in [9.17, 15) is 18.0 Å². The number of alkyl halides is 3. The molecule has 0 aliphatic heterocycles. The Bertz CT molecular complexity index is 691. The van der Waals surface area contributed by atoms with Gasteiger partial charge in [-0.05, 0) is 54.9 Å². The van der Waals surface area contributed by atoms with Crippen LogP contribution < -0.4 is 5.43 Å². The van der Waals surface area contributed by atoms with Gasteiger partial charge in [0, 0.05) is 16.7 Å². The fourth-order valence-electron chi connectivity index (χ4n) is 4.09. The van der Waals surface area contributed by atoms with Crippen LogP contribution in [0.5, 0.6) is 0 Å². The second-order valence-corrected chi connectivity index (χ2v) is 7.57. The average molecular weight is 338 g/mol. The maximum Gasteiger partial charge on any atom is 0.416 e. The van der Waals surface area contributed by atoms with Crippen LogP contribution in [0, 0.1) is 16.7 Å². The van der Waals surface area contributed by atoms with Crippen LogP contribution in [-0.2, 0) is 6.18 Å². The van der Waals surface area contributed by atoms with Gasteiger partial charge in [0.15, 0.2) is 0 Å². The Morgan fingerprint density at radius 1 is 1.21 bits per heavy atom. The first-order valence-corrected chi connectivity index (χ1v) is 8.10. The van der Waals surface area contributed by atoms with Crippen LogP contribution in [0.4, 0.5) is 13.2 Å². The molecule has 2 aliphatic rings. The number of amides is 1. The van der Waals surface area contributed by atoms with Crippen LogP contribution in [0.2, 0.25) is 0 Å². The third-order valence-electron chi connectivity index (χ3n) is 6.28. The van der Waals surface area contributed by atoms with E-state index in [1.165, 1.54) is 18.6 Å². The molecule has 2 aliphatic carbocycles. The van der Waals surface area contributed by atoms with E-state index in [2.05, 4.69) is 31.3 Å². The van der Waals surface area contributed by atoms with Crippen LogP contribution in [0.3, 0.4) is 0 Å². The summed E-state index contributed by atoms with van der Waals surface area (Å²) < 4.78 is 37.7. The molecular formula is C18H21F3N2O. The van der Waals surface area contributed by atoms with Gasteiger partial charge in [0.05, 0.1) is 5.56 Å². The van der Waals surface area contributed by atoms with Crippen LogP contribution in [0.1, 0.15) is 56.0 Å². The van der Waals surface area contributed by atoms with E-state index in [0.29, 0.717) is 5.92 Å². The van der Waals surface area contributed by atoms with Crippen LogP contribution >= 0.6 is 0 Å². The Morgan fingerprint density at radius 3 is 2.29 bits per heavy atom. The molecule has 0 radical (unpaired) electrons. The van der Waals surface area contributed by atoms with Crippen molar-refractivity contribution in [3.63, 3.8) is 0 Å². The van der Waals surface area contributed by atoms with Crippen molar-refractivity contribution in [2.45, 2.75) is 46.2 Å². The van der Waals surface area contributed by atoms with Crippen molar-refractivity contribution in [1.29, 1.82) is 0 Å². The number of carbonyl (C=O) groups excluding carboxylic acids is 1. The Morgan fingerprint density at radius 2 is 1.83 bits per heavy atom. The molecule has 6 heteroatoms. The molecule has 24 heavy (non-hydrogen) atoms. The van der Waals surface area contributed by atoms with E-state index in [1.54, 1.807) is 0 Å². The van der Waals surface area contributed by atoms with Gasteiger partial charge >= 0.3 is 6.18 Å². The normalized spacial score (nSPS) is 29.9. The summed E-state index contributed by atoms with van der Waals surface area (Å²) in [6, 6.07) is 4.16. The Hall–Kier alpha value is -1.85. The van der Waals surface area contributed by atoms with E-state index in [0.717, 1.165) is 30.7 Å². The first kappa shape index (κ1) is 17.0. The summed E-state index contributed by atoms with van der Waals surface area (Å²) in [4.78, 5) is 12.1. The smallest absolute Gasteiger partial charge is 0.267 e. The van der Waals surface area contributed by atoms with E-state index in [-0.39, 0.29) is 16.4 Å². The van der Waals surface area contributed by atoms with Crippen molar-refractivity contribution in [2.75, 3.05) is 0 Å². The highest BCUT2D eigenvalue weighted by Crippen LogP contribution is 2.63. The van der Waals surface area contributed by atoms with Crippen molar-refractivity contribution >= 4 is 11.6 Å². The van der Waals surface area contributed by atoms with Gasteiger partial charge in [0.1, 0.15) is 0 Å². The third kappa shape index (κ3) is 2.52. The first-order chi connectivity index (χ1) is 11.1. The van der Waals surface area contributed by atoms with Gasteiger partial charge in [-0.1, -0.05) is 20.8 Å². The number of rotatable bonds is 2. The number of halogens is 3. The zero-order valence-electron chi connectivity index (χ0n) is 14.0. The van der Waals surface area contributed by atoms with E-state index < -0.39 is 17.6 Å². The summed E-state index contributed by atoms with van der Waals surface area (Å²) in [6.07, 6.45) is -1.30. The number of benzene rings is 1. The number of hydrogen-bond acceptors (Lipinski definition) is 2. The molecule has 2 bridgehead atoms. The molecule has 0 heterocycles. The monoisotopic (exact) mass is 338 g/mol. The Balaban J connectivity index is 1.73. The Labute approximate surface area is 139 Å². The molecule has 130 valence electrons. The maximum absolute atomic E-state index is 12.6. The lowest BCUT2D eigenvalue weighted by Gasteiger charge is -2.34. The van der Waals surface area contributed by atoms with Gasteiger partial charge < -0.3 is 0 Å². The molecule has 0 spiro atoms. The molecule has 1 N–H and O–H groups in total. The highest BCUT2D eigenvalue weighted by atomic mass is 19.4. The molecule has 0 unspecified atom stereocenters. The zero-order chi connectivity index (χ0) is 17.8. The van der Waals surface area contributed by atoms with Crippen LogP contribution in [0.25, 0.3) is 0 Å². The molecule has 1 aromatic rings. The molecule has 1 aromatic carbocycles. The lowest BCUT2D eigenvalue weighted by molar-refractivity contribution is -0.137. The molecule has 1 amide bonds. The lowest BCUT2D eigenvalue weighted by atomic mass is 9.70. The number of carbonyl (C=O) groups is 1. The van der Waals surface area contributed by atoms with E-state index >= 15 is 0 Å². The first-order valence-electron chi connectivity index (χ1n) is 8.10. The molecule has 2 fully saturated rings. The van der Waals surface area contributed by atoms with Crippen molar-refractivity contribution in [3.8, 4) is 0 Å². The second kappa shape index (κ2) is 5.33. The minimum absolute atomic E-state index is 0.0227. The maximum atomic E-state index is 12.6. The molecule has 0 saturated heterocycles. The highest BCUT2D eigenvalue weighted by molar-refractivity contribution is 5.98. The van der Waals surface area contributed by atoms with Gasteiger partial charge in [0.25, 0.3) is 5.91 Å². The van der Waals surface area contributed by atoms with Crippen LogP contribution in [-0.4, -0.2) is 11.6 Å². The summed E-state index contributed by atoms with van der Waals surface area (Å²) >= 11 is 0. The number of nitrogens with zero attached hydrogens (tertiary/aromatic N) is 1. The summed E-state index contributed by atoms with van der Waals surface area (Å²) in [7, 11) is 0.